The lowest BCUT2D eigenvalue weighted by Gasteiger charge is -2.04. The number of rotatable bonds is 9. The number of aromatic nitrogens is 2. The number of nitrogens with zero attached hydrogens (tertiary/aromatic N) is 2. The molecule has 0 saturated carbocycles. The Morgan fingerprint density at radius 1 is 1.30 bits per heavy atom. The van der Waals surface area contributed by atoms with Gasteiger partial charge in [0.15, 0.2) is 6.29 Å². The number of carbonyl (C=O) groups is 1. The SMILES string of the molecule is C=C/C=C\C(C)=C/C.CCCCCCn1nc(C=O)c2ccc(OC)cc21. The van der Waals surface area contributed by atoms with Gasteiger partial charge >= 0.3 is 0 Å². The Labute approximate surface area is 163 Å². The fraction of sp³-hybridized carbons (Fsp3) is 0.391. The first-order valence-corrected chi connectivity index (χ1v) is 9.52. The molecular formula is C23H32N2O2. The summed E-state index contributed by atoms with van der Waals surface area (Å²) in [5.41, 5.74) is 2.75. The summed E-state index contributed by atoms with van der Waals surface area (Å²) < 4.78 is 7.15. The number of aryl methyl sites for hydroxylation is 1. The molecule has 0 unspecified atom stereocenters. The number of methoxy groups -OCH3 is 1. The van der Waals surface area contributed by atoms with E-state index in [1.807, 2.05) is 42.0 Å². The summed E-state index contributed by atoms with van der Waals surface area (Å²) in [6.07, 6.45) is 13.3. The Morgan fingerprint density at radius 3 is 2.67 bits per heavy atom. The summed E-state index contributed by atoms with van der Waals surface area (Å²) in [6, 6.07) is 5.70. The average molecular weight is 369 g/mol. The lowest BCUT2D eigenvalue weighted by molar-refractivity contribution is 0.111. The minimum Gasteiger partial charge on any atom is -0.497 e. The Kier molecular flexibility index (Phi) is 10.5. The van der Waals surface area contributed by atoms with E-state index < -0.39 is 0 Å². The molecule has 4 nitrogen and oxygen atoms in total. The van der Waals surface area contributed by atoms with E-state index in [4.69, 9.17) is 4.74 Å². The van der Waals surface area contributed by atoms with Gasteiger partial charge in [-0.1, -0.05) is 62.6 Å². The van der Waals surface area contributed by atoms with E-state index >= 15 is 0 Å². The van der Waals surface area contributed by atoms with Crippen molar-refractivity contribution in [1.82, 2.24) is 9.78 Å². The molecule has 2 rings (SSSR count). The van der Waals surface area contributed by atoms with Crippen LogP contribution in [0, 0.1) is 0 Å². The van der Waals surface area contributed by atoms with Crippen LogP contribution in [-0.2, 0) is 6.54 Å². The molecule has 0 bridgehead atoms. The third-order valence-electron chi connectivity index (χ3n) is 4.27. The highest BCUT2D eigenvalue weighted by atomic mass is 16.5. The van der Waals surface area contributed by atoms with Gasteiger partial charge in [-0.15, -0.1) is 0 Å². The molecule has 0 aliphatic carbocycles. The summed E-state index contributed by atoms with van der Waals surface area (Å²) in [5, 5.41) is 5.27. The van der Waals surface area contributed by atoms with Crippen molar-refractivity contribution in [1.29, 1.82) is 0 Å². The zero-order chi connectivity index (χ0) is 20.1. The lowest BCUT2D eigenvalue weighted by Crippen LogP contribution is -2.00. The quantitative estimate of drug-likeness (QED) is 0.304. The van der Waals surface area contributed by atoms with Crippen molar-refractivity contribution in [2.45, 2.75) is 53.0 Å². The number of fused-ring (bicyclic) bond motifs is 1. The molecule has 0 spiro atoms. The molecule has 0 saturated heterocycles. The van der Waals surface area contributed by atoms with Crippen molar-refractivity contribution >= 4 is 17.2 Å². The maximum Gasteiger partial charge on any atom is 0.170 e. The van der Waals surface area contributed by atoms with Crippen LogP contribution in [0.4, 0.5) is 0 Å². The van der Waals surface area contributed by atoms with E-state index in [9.17, 15) is 4.79 Å². The first kappa shape index (κ1) is 22.4. The van der Waals surface area contributed by atoms with Gasteiger partial charge in [0.25, 0.3) is 0 Å². The molecular weight excluding hydrogens is 336 g/mol. The molecule has 1 heterocycles. The maximum absolute atomic E-state index is 11.1. The summed E-state index contributed by atoms with van der Waals surface area (Å²) >= 11 is 0. The van der Waals surface area contributed by atoms with E-state index in [0.717, 1.165) is 35.9 Å². The van der Waals surface area contributed by atoms with Crippen LogP contribution < -0.4 is 4.74 Å². The van der Waals surface area contributed by atoms with Crippen LogP contribution in [0.5, 0.6) is 5.75 Å². The second kappa shape index (κ2) is 12.7. The molecule has 146 valence electrons. The Morgan fingerprint density at radius 2 is 2.07 bits per heavy atom. The number of unbranched alkanes of at least 4 members (excludes halogenated alkanes) is 3. The van der Waals surface area contributed by atoms with E-state index in [1.165, 1.54) is 24.8 Å². The van der Waals surface area contributed by atoms with Gasteiger partial charge in [-0.25, -0.2) is 0 Å². The number of aldehydes is 1. The molecule has 0 aliphatic heterocycles. The summed E-state index contributed by atoms with van der Waals surface area (Å²) in [7, 11) is 1.64. The molecule has 0 radical (unpaired) electrons. The topological polar surface area (TPSA) is 44.1 Å². The summed E-state index contributed by atoms with van der Waals surface area (Å²) in [6.45, 7) is 10.7. The van der Waals surface area contributed by atoms with Gasteiger partial charge in [-0.05, 0) is 32.4 Å². The van der Waals surface area contributed by atoms with Crippen LogP contribution in [0.3, 0.4) is 0 Å². The predicted molar refractivity (Wildman–Crippen MR) is 115 cm³/mol. The normalized spacial score (nSPS) is 11.3. The molecule has 0 N–H and O–H groups in total. The molecule has 4 heteroatoms. The van der Waals surface area contributed by atoms with E-state index in [1.54, 1.807) is 13.2 Å². The van der Waals surface area contributed by atoms with Gasteiger partial charge in [0.05, 0.1) is 12.6 Å². The van der Waals surface area contributed by atoms with Crippen molar-refractivity contribution in [3.63, 3.8) is 0 Å². The van der Waals surface area contributed by atoms with Gasteiger partial charge < -0.3 is 4.74 Å². The zero-order valence-electron chi connectivity index (χ0n) is 17.1. The third-order valence-corrected chi connectivity index (χ3v) is 4.27. The molecule has 27 heavy (non-hydrogen) atoms. The number of carbonyl (C=O) groups excluding carboxylic acids is 1. The van der Waals surface area contributed by atoms with Crippen molar-refractivity contribution in [3.8, 4) is 5.75 Å². The van der Waals surface area contributed by atoms with E-state index in [2.05, 4.69) is 31.6 Å². The van der Waals surface area contributed by atoms with Gasteiger partial charge in [0.2, 0.25) is 0 Å². The van der Waals surface area contributed by atoms with Crippen molar-refractivity contribution in [2.75, 3.05) is 7.11 Å². The van der Waals surface area contributed by atoms with E-state index in [0.29, 0.717) is 5.69 Å². The van der Waals surface area contributed by atoms with Gasteiger partial charge in [-0.3, -0.25) is 9.48 Å². The first-order chi connectivity index (χ1) is 13.1. The third kappa shape index (κ3) is 7.26. The van der Waals surface area contributed by atoms with Gasteiger partial charge in [0.1, 0.15) is 11.4 Å². The van der Waals surface area contributed by atoms with Crippen molar-refractivity contribution < 1.29 is 9.53 Å². The predicted octanol–water partition coefficient (Wildman–Crippen LogP) is 6.13. The minimum absolute atomic E-state index is 0.508. The highest BCUT2D eigenvalue weighted by molar-refractivity contribution is 5.95. The highest BCUT2D eigenvalue weighted by Crippen LogP contribution is 2.23. The molecule has 1 aromatic heterocycles. The Bertz CT molecular complexity index is 785. The minimum atomic E-state index is 0.508. The second-order valence-electron chi connectivity index (χ2n) is 6.30. The second-order valence-corrected chi connectivity index (χ2v) is 6.30. The fourth-order valence-electron chi connectivity index (χ4n) is 2.57. The number of benzene rings is 1. The summed E-state index contributed by atoms with van der Waals surface area (Å²) in [5.74, 6) is 0.791. The van der Waals surface area contributed by atoms with Crippen LogP contribution >= 0.6 is 0 Å². The number of hydrogen-bond acceptors (Lipinski definition) is 3. The highest BCUT2D eigenvalue weighted by Gasteiger charge is 2.10. The van der Waals surface area contributed by atoms with Gasteiger partial charge in [0, 0.05) is 18.0 Å². The first-order valence-electron chi connectivity index (χ1n) is 9.52. The van der Waals surface area contributed by atoms with Crippen molar-refractivity contribution in [2.24, 2.45) is 0 Å². The molecule has 0 amide bonds. The van der Waals surface area contributed by atoms with Crippen molar-refractivity contribution in [3.05, 3.63) is 60.3 Å². The standard InChI is InChI=1S/C15H20N2O2.C8H12/c1-3-4-5-6-9-17-15-10-12(19-2)7-8-13(15)14(11-18)16-17;1-4-6-7-8(3)5-2/h7-8,10-11H,3-6,9H2,1-2H3;4-7H,1H2,2-3H3/b;7-6-,8-5-. The molecule has 0 aliphatic rings. The smallest absolute Gasteiger partial charge is 0.170 e. The number of ether oxygens (including phenoxy) is 1. The van der Waals surface area contributed by atoms with Crippen LogP contribution in [0.25, 0.3) is 10.9 Å². The molecule has 2 aromatic rings. The summed E-state index contributed by atoms with van der Waals surface area (Å²) in [4.78, 5) is 11.1. The zero-order valence-corrected chi connectivity index (χ0v) is 17.1. The molecule has 0 fully saturated rings. The average Bonchev–Trinajstić information content (AvgIpc) is 3.06. The molecule has 0 atom stereocenters. The number of allylic oxidation sites excluding steroid dienone is 5. The van der Waals surface area contributed by atoms with E-state index in [-0.39, 0.29) is 0 Å². The monoisotopic (exact) mass is 368 g/mol. The lowest BCUT2D eigenvalue weighted by atomic mass is 10.2. The number of hydrogen-bond donors (Lipinski definition) is 0. The van der Waals surface area contributed by atoms with Gasteiger partial charge in [-0.2, -0.15) is 5.10 Å². The van der Waals surface area contributed by atoms with Crippen LogP contribution in [-0.4, -0.2) is 23.2 Å². The maximum atomic E-state index is 11.1. The largest absolute Gasteiger partial charge is 0.497 e. The Hall–Kier alpha value is -2.62. The van der Waals surface area contributed by atoms with Crippen LogP contribution in [0.15, 0.2) is 54.7 Å². The van der Waals surface area contributed by atoms with Crippen LogP contribution in [0.1, 0.15) is 56.9 Å². The fourth-order valence-corrected chi connectivity index (χ4v) is 2.57. The Balaban J connectivity index is 0.000000387. The van der Waals surface area contributed by atoms with Crippen LogP contribution in [0.2, 0.25) is 0 Å². The molecule has 1 aromatic carbocycles.